The Labute approximate surface area is 133 Å². The zero-order valence-corrected chi connectivity index (χ0v) is 13.7. The van der Waals surface area contributed by atoms with Crippen LogP contribution in [0, 0.1) is 13.8 Å². The molecule has 0 saturated carbocycles. The first-order valence-corrected chi connectivity index (χ1v) is 7.91. The van der Waals surface area contributed by atoms with Crippen molar-refractivity contribution in [1.82, 2.24) is 10.3 Å². The van der Waals surface area contributed by atoms with Gasteiger partial charge in [0.05, 0.1) is 10.7 Å². The molecule has 116 valence electrons. The van der Waals surface area contributed by atoms with Gasteiger partial charge in [0.25, 0.3) is 5.91 Å². The van der Waals surface area contributed by atoms with Crippen LogP contribution in [0.1, 0.15) is 33.5 Å². The predicted octanol–water partition coefficient (Wildman–Crippen LogP) is 2.69. The minimum Gasteiger partial charge on any atom is -0.352 e. The Balaban J connectivity index is 1.95. The monoisotopic (exact) mass is 317 g/mol. The van der Waals surface area contributed by atoms with E-state index < -0.39 is 0 Å². The summed E-state index contributed by atoms with van der Waals surface area (Å²) >= 11 is 1.60. The third-order valence-electron chi connectivity index (χ3n) is 3.14. The molecule has 0 aliphatic carbocycles. The van der Waals surface area contributed by atoms with E-state index in [1.54, 1.807) is 23.5 Å². The van der Waals surface area contributed by atoms with Crippen LogP contribution in [0.25, 0.3) is 0 Å². The van der Waals surface area contributed by atoms with Crippen LogP contribution in [0.5, 0.6) is 0 Å². The van der Waals surface area contributed by atoms with Gasteiger partial charge in [-0.3, -0.25) is 9.59 Å². The SMILES string of the molecule is CC(=O)Nc1cc(C(=O)NCCc2csc(C)n2)ccc1C. The van der Waals surface area contributed by atoms with Gasteiger partial charge in [-0.25, -0.2) is 4.98 Å². The molecule has 0 aliphatic rings. The molecule has 0 atom stereocenters. The number of hydrogen-bond acceptors (Lipinski definition) is 4. The number of hydrogen-bond donors (Lipinski definition) is 2. The van der Waals surface area contributed by atoms with Crippen LogP contribution in [-0.4, -0.2) is 23.3 Å². The number of rotatable bonds is 5. The number of carbonyl (C=O) groups excluding carboxylic acids is 2. The van der Waals surface area contributed by atoms with Crippen molar-refractivity contribution in [3.8, 4) is 0 Å². The molecular weight excluding hydrogens is 298 g/mol. The summed E-state index contributed by atoms with van der Waals surface area (Å²) in [6.45, 7) is 5.83. The van der Waals surface area contributed by atoms with Gasteiger partial charge in [-0.15, -0.1) is 11.3 Å². The first-order valence-electron chi connectivity index (χ1n) is 7.03. The molecule has 22 heavy (non-hydrogen) atoms. The van der Waals surface area contributed by atoms with Crippen LogP contribution < -0.4 is 10.6 Å². The number of thiazole rings is 1. The molecule has 0 spiro atoms. The maximum absolute atomic E-state index is 12.1. The number of nitrogens with zero attached hydrogens (tertiary/aromatic N) is 1. The second kappa shape index (κ2) is 7.17. The van der Waals surface area contributed by atoms with E-state index in [0.29, 0.717) is 24.2 Å². The van der Waals surface area contributed by atoms with Gasteiger partial charge in [-0.2, -0.15) is 0 Å². The number of nitrogens with one attached hydrogen (secondary N) is 2. The quantitative estimate of drug-likeness (QED) is 0.890. The molecule has 1 aromatic heterocycles. The van der Waals surface area contributed by atoms with E-state index in [1.165, 1.54) is 6.92 Å². The van der Waals surface area contributed by atoms with E-state index >= 15 is 0 Å². The van der Waals surface area contributed by atoms with E-state index in [2.05, 4.69) is 15.6 Å². The Morgan fingerprint density at radius 3 is 2.68 bits per heavy atom. The molecule has 2 rings (SSSR count). The molecule has 2 aromatic rings. The first-order chi connectivity index (χ1) is 10.5. The van der Waals surface area contributed by atoms with Crippen molar-refractivity contribution < 1.29 is 9.59 Å². The van der Waals surface area contributed by atoms with Crippen LogP contribution in [0.15, 0.2) is 23.6 Å². The fourth-order valence-corrected chi connectivity index (χ4v) is 2.66. The second-order valence-corrected chi connectivity index (χ2v) is 6.14. The standard InChI is InChI=1S/C16H19N3O2S/c1-10-4-5-13(8-15(10)18-11(2)20)16(21)17-7-6-14-9-22-12(3)19-14/h4-5,8-9H,6-7H2,1-3H3,(H,17,21)(H,18,20). The van der Waals surface area contributed by atoms with Crippen molar-refractivity contribution in [3.05, 3.63) is 45.4 Å². The fraction of sp³-hybridized carbons (Fsp3) is 0.312. The fourth-order valence-electron chi connectivity index (χ4n) is 2.02. The van der Waals surface area contributed by atoms with E-state index in [1.807, 2.05) is 25.3 Å². The topological polar surface area (TPSA) is 71.1 Å². The maximum Gasteiger partial charge on any atom is 0.251 e. The van der Waals surface area contributed by atoms with Gasteiger partial charge < -0.3 is 10.6 Å². The molecule has 6 heteroatoms. The van der Waals surface area contributed by atoms with Gasteiger partial charge in [0.1, 0.15) is 0 Å². The van der Waals surface area contributed by atoms with Gasteiger partial charge in [-0.1, -0.05) is 6.07 Å². The Kier molecular flexibility index (Phi) is 5.27. The van der Waals surface area contributed by atoms with Gasteiger partial charge in [0, 0.05) is 36.5 Å². The van der Waals surface area contributed by atoms with Crippen molar-refractivity contribution in [3.63, 3.8) is 0 Å². The zero-order valence-electron chi connectivity index (χ0n) is 12.9. The summed E-state index contributed by atoms with van der Waals surface area (Å²) in [6, 6.07) is 5.27. The highest BCUT2D eigenvalue weighted by Crippen LogP contribution is 2.17. The summed E-state index contributed by atoms with van der Waals surface area (Å²) in [5.41, 5.74) is 3.11. The third-order valence-corrected chi connectivity index (χ3v) is 3.97. The summed E-state index contributed by atoms with van der Waals surface area (Å²) in [5, 5.41) is 8.62. The lowest BCUT2D eigenvalue weighted by Gasteiger charge is -2.09. The van der Waals surface area contributed by atoms with Crippen molar-refractivity contribution >= 4 is 28.8 Å². The van der Waals surface area contributed by atoms with E-state index in [9.17, 15) is 9.59 Å². The predicted molar refractivity (Wildman–Crippen MR) is 88.4 cm³/mol. The van der Waals surface area contributed by atoms with E-state index in [4.69, 9.17) is 0 Å². The molecule has 0 fully saturated rings. The Bertz CT molecular complexity index is 694. The zero-order chi connectivity index (χ0) is 16.1. The number of amides is 2. The molecule has 0 aliphatic heterocycles. The lowest BCUT2D eigenvalue weighted by molar-refractivity contribution is -0.114. The molecule has 2 amide bonds. The van der Waals surface area contributed by atoms with Crippen LogP contribution in [-0.2, 0) is 11.2 Å². The minimum absolute atomic E-state index is 0.153. The largest absolute Gasteiger partial charge is 0.352 e. The van der Waals surface area contributed by atoms with Crippen molar-refractivity contribution in [2.45, 2.75) is 27.2 Å². The van der Waals surface area contributed by atoms with Crippen molar-refractivity contribution in [1.29, 1.82) is 0 Å². The summed E-state index contributed by atoms with van der Waals surface area (Å²) < 4.78 is 0. The average Bonchev–Trinajstić information content (AvgIpc) is 2.86. The molecule has 0 unspecified atom stereocenters. The van der Waals surface area contributed by atoms with Crippen molar-refractivity contribution in [2.75, 3.05) is 11.9 Å². The number of carbonyl (C=O) groups is 2. The highest BCUT2D eigenvalue weighted by Gasteiger charge is 2.09. The molecule has 0 saturated heterocycles. The van der Waals surface area contributed by atoms with Crippen LogP contribution >= 0.6 is 11.3 Å². The van der Waals surface area contributed by atoms with Crippen LogP contribution in [0.2, 0.25) is 0 Å². The normalized spacial score (nSPS) is 10.3. The van der Waals surface area contributed by atoms with Crippen LogP contribution in [0.4, 0.5) is 5.69 Å². The lowest BCUT2D eigenvalue weighted by Crippen LogP contribution is -2.26. The summed E-state index contributed by atoms with van der Waals surface area (Å²) in [4.78, 5) is 27.7. The maximum atomic E-state index is 12.1. The number of benzene rings is 1. The molecule has 0 radical (unpaired) electrons. The Hall–Kier alpha value is -2.21. The third kappa shape index (κ3) is 4.39. The highest BCUT2D eigenvalue weighted by molar-refractivity contribution is 7.09. The summed E-state index contributed by atoms with van der Waals surface area (Å²) in [6.07, 6.45) is 0.709. The molecule has 2 N–H and O–H groups in total. The number of anilines is 1. The number of aryl methyl sites for hydroxylation is 2. The molecule has 1 heterocycles. The molecule has 5 nitrogen and oxygen atoms in total. The highest BCUT2D eigenvalue weighted by atomic mass is 32.1. The van der Waals surface area contributed by atoms with Crippen LogP contribution in [0.3, 0.4) is 0 Å². The lowest BCUT2D eigenvalue weighted by atomic mass is 10.1. The van der Waals surface area contributed by atoms with E-state index in [-0.39, 0.29) is 11.8 Å². The summed E-state index contributed by atoms with van der Waals surface area (Å²) in [5.74, 6) is -0.307. The first kappa shape index (κ1) is 16.2. The average molecular weight is 317 g/mol. The molecule has 0 bridgehead atoms. The number of aromatic nitrogens is 1. The Morgan fingerprint density at radius 1 is 1.27 bits per heavy atom. The minimum atomic E-state index is -0.154. The van der Waals surface area contributed by atoms with E-state index in [0.717, 1.165) is 16.3 Å². The smallest absolute Gasteiger partial charge is 0.251 e. The van der Waals surface area contributed by atoms with Gasteiger partial charge in [0.2, 0.25) is 5.91 Å². The van der Waals surface area contributed by atoms with Gasteiger partial charge in [-0.05, 0) is 31.5 Å². The summed E-state index contributed by atoms with van der Waals surface area (Å²) in [7, 11) is 0. The van der Waals surface area contributed by atoms with Gasteiger partial charge in [0.15, 0.2) is 0 Å². The molecular formula is C16H19N3O2S. The molecule has 1 aromatic carbocycles. The second-order valence-electron chi connectivity index (χ2n) is 5.07. The van der Waals surface area contributed by atoms with Gasteiger partial charge >= 0.3 is 0 Å². The van der Waals surface area contributed by atoms with Crippen molar-refractivity contribution in [2.24, 2.45) is 0 Å². The Morgan fingerprint density at radius 2 is 2.05 bits per heavy atom.